The standard InChI is InChI=1S/C4H9.CN.3CH3.Cu.2Li.Sn/c1-3-4-2;1-2;;;;;;;/h1,3-4H2,2H3;;3*1H3;;;;/q2*-1;;;;;2*+1;. The van der Waals surface area contributed by atoms with Crippen molar-refractivity contribution in [2.45, 2.75) is 34.6 Å². The minimum atomic E-state index is -0.543. The van der Waals surface area contributed by atoms with Crippen molar-refractivity contribution in [3.63, 3.8) is 0 Å². The molecule has 0 amide bonds. The van der Waals surface area contributed by atoms with Crippen molar-refractivity contribution in [2.75, 3.05) is 0 Å². The van der Waals surface area contributed by atoms with Crippen LogP contribution in [0.2, 0.25) is 14.8 Å². The number of hydrogen-bond acceptors (Lipinski definition) is 1. The van der Waals surface area contributed by atoms with E-state index in [4.69, 9.17) is 11.8 Å². The van der Waals surface area contributed by atoms with Crippen molar-refractivity contribution < 1.29 is 54.8 Å². The van der Waals surface area contributed by atoms with Crippen molar-refractivity contribution in [1.82, 2.24) is 0 Å². The van der Waals surface area contributed by atoms with Crippen LogP contribution < -0.4 is 37.7 Å². The molecule has 0 aliphatic heterocycles. The molecule has 0 heterocycles. The Morgan fingerprint density at radius 3 is 1.23 bits per heavy atom. The molecule has 0 rings (SSSR count). The van der Waals surface area contributed by atoms with Gasteiger partial charge in [0.1, 0.15) is 0 Å². The Hall–Kier alpha value is 2.00. The largest absolute Gasteiger partial charge is 1.00 e. The van der Waals surface area contributed by atoms with Gasteiger partial charge in [-0.25, -0.2) is 0 Å². The van der Waals surface area contributed by atoms with Crippen LogP contribution in [0.4, 0.5) is 0 Å². The molecule has 0 saturated heterocycles. The van der Waals surface area contributed by atoms with E-state index in [2.05, 4.69) is 28.7 Å². The van der Waals surface area contributed by atoms with Crippen molar-refractivity contribution in [1.29, 1.82) is 5.26 Å². The third-order valence-corrected chi connectivity index (χ3v) is 0.354. The van der Waals surface area contributed by atoms with Gasteiger partial charge in [-0.05, 0) is 0 Å². The van der Waals surface area contributed by atoms with E-state index in [1.807, 2.05) is 0 Å². The monoisotopic (exact) mass is 325 g/mol. The minimum Gasteiger partial charge on any atom is 0 e. The van der Waals surface area contributed by atoms with E-state index in [-0.39, 0.29) is 54.8 Å². The van der Waals surface area contributed by atoms with Crippen LogP contribution in [0.15, 0.2) is 0 Å². The molecule has 1 nitrogen and oxygen atoms in total. The maximum atomic E-state index is 6.25. The zero-order chi connectivity index (χ0) is 8.99. The minimum absolute atomic E-state index is 0. The summed E-state index contributed by atoms with van der Waals surface area (Å²) in [4.78, 5) is 7.09. The van der Waals surface area contributed by atoms with Crippen LogP contribution in [0.5, 0.6) is 0 Å². The maximum Gasteiger partial charge on any atom is 1.00 e. The fourth-order valence-corrected chi connectivity index (χ4v) is 0. The summed E-state index contributed by atoms with van der Waals surface area (Å²) >= 11 is -0.543. The van der Waals surface area contributed by atoms with Gasteiger partial charge in [-0.2, -0.15) is 6.42 Å². The molecule has 0 atom stereocenters. The predicted molar refractivity (Wildman–Crippen MR) is 48.6 cm³/mol. The third kappa shape index (κ3) is 224. The first kappa shape index (κ1) is 36.3. The Labute approximate surface area is 126 Å². The van der Waals surface area contributed by atoms with Crippen LogP contribution in [0.3, 0.4) is 0 Å². The zero-order valence-electron chi connectivity index (χ0n) is 9.87. The molecule has 72 valence electrons. The summed E-state index contributed by atoms with van der Waals surface area (Å²) in [7, 11) is 0. The van der Waals surface area contributed by atoms with E-state index < -0.39 is 19.8 Å². The van der Waals surface area contributed by atoms with E-state index in [1.165, 1.54) is 6.42 Å². The van der Waals surface area contributed by atoms with Gasteiger partial charge >= 0.3 is 72.3 Å². The first-order valence-corrected chi connectivity index (χ1v) is 12.0. The summed E-state index contributed by atoms with van der Waals surface area (Å²) in [6.07, 6.45) is 2.28. The van der Waals surface area contributed by atoms with E-state index in [0.29, 0.717) is 0 Å². The molecule has 0 spiro atoms. The molecule has 5 heteroatoms. The Morgan fingerprint density at radius 1 is 1.15 bits per heavy atom. The first-order chi connectivity index (χ1) is 4.65. The number of nitrogens with zero attached hydrogens (tertiary/aromatic N) is 1. The van der Waals surface area contributed by atoms with Gasteiger partial charge in [0.15, 0.2) is 0 Å². The van der Waals surface area contributed by atoms with E-state index in [9.17, 15) is 0 Å². The Bertz CT molecular complexity index is 58.6. The fraction of sp³-hybridized carbons (Fsp3) is 0.750. The normalized spacial score (nSPS) is 5.23. The van der Waals surface area contributed by atoms with E-state index in [1.54, 1.807) is 0 Å². The average Bonchev–Trinajstić information content (AvgIpc) is 1.91. The third-order valence-electron chi connectivity index (χ3n) is 0.354. The molecule has 0 unspecified atom stereocenters. The van der Waals surface area contributed by atoms with Crippen molar-refractivity contribution in [3.8, 4) is 0 Å². The summed E-state index contributed by atoms with van der Waals surface area (Å²) in [6, 6.07) is 0. The number of hydrogen-bond donors (Lipinski definition) is 0. The van der Waals surface area contributed by atoms with Crippen LogP contribution in [-0.4, -0.2) is 19.8 Å². The number of rotatable bonds is 1. The molecule has 0 aromatic carbocycles. The van der Waals surface area contributed by atoms with Gasteiger partial charge in [-0.1, -0.05) is 13.3 Å². The van der Waals surface area contributed by atoms with Crippen molar-refractivity contribution in [2.24, 2.45) is 0 Å². The smallest absolute Gasteiger partial charge is 0 e. The molecule has 0 aliphatic rings. The molecular formula is C8H18CuLi2NSn. The summed E-state index contributed by atoms with van der Waals surface area (Å²) < 4.78 is 0. The molecule has 0 saturated carbocycles. The second-order valence-electron chi connectivity index (χ2n) is 2.35. The van der Waals surface area contributed by atoms with Crippen LogP contribution in [-0.2, 0) is 17.1 Å². The number of unbranched alkanes of at least 4 members (excludes halogenated alkanes) is 1. The Balaban J connectivity index is -0.0000000133. The molecular weight excluding hydrogens is 306 g/mol. The van der Waals surface area contributed by atoms with Gasteiger partial charge in [0, 0.05) is 17.1 Å². The van der Waals surface area contributed by atoms with Gasteiger partial charge in [0.25, 0.3) is 0 Å². The second kappa shape index (κ2) is 48.3. The van der Waals surface area contributed by atoms with Gasteiger partial charge < -0.3 is 18.8 Å². The van der Waals surface area contributed by atoms with Crippen LogP contribution >= 0.6 is 0 Å². The maximum absolute atomic E-state index is 6.25. The first-order valence-electron chi connectivity index (χ1n) is 3.43. The Morgan fingerprint density at radius 2 is 1.23 bits per heavy atom. The van der Waals surface area contributed by atoms with Crippen molar-refractivity contribution >= 4 is 19.8 Å². The van der Waals surface area contributed by atoms with E-state index >= 15 is 0 Å². The molecule has 0 bridgehead atoms. The SMILES string of the molecule is [C-]#N.[CH2-]CCC.[CH3][Sn]([CH3])[CH3].[Cu].[Li+].[Li+]. The summed E-state index contributed by atoms with van der Waals surface area (Å²) in [5.41, 5.74) is 0. The van der Waals surface area contributed by atoms with Crippen LogP contribution in [0.25, 0.3) is 0 Å². The van der Waals surface area contributed by atoms with Gasteiger partial charge in [-0.15, -0.1) is 0 Å². The quantitative estimate of drug-likeness (QED) is 0.375. The fourth-order valence-electron chi connectivity index (χ4n) is 0. The predicted octanol–water partition coefficient (Wildman–Crippen LogP) is -2.91. The summed E-state index contributed by atoms with van der Waals surface area (Å²) in [5.74, 6) is 0. The van der Waals surface area contributed by atoms with Gasteiger partial charge in [-0.3, -0.25) is 0 Å². The average molecular weight is 324 g/mol. The topological polar surface area (TPSA) is 23.8 Å². The van der Waals surface area contributed by atoms with Crippen molar-refractivity contribution in [3.05, 3.63) is 13.5 Å². The molecule has 0 aromatic heterocycles. The molecule has 0 N–H and O–H groups in total. The molecule has 0 aromatic rings. The molecule has 13 heavy (non-hydrogen) atoms. The molecule has 0 fully saturated rings. The van der Waals surface area contributed by atoms with E-state index in [0.717, 1.165) is 6.42 Å². The molecule has 2 radical (unpaired) electrons. The van der Waals surface area contributed by atoms with Gasteiger partial charge in [0.2, 0.25) is 0 Å². The van der Waals surface area contributed by atoms with Gasteiger partial charge in [0.05, 0.1) is 0 Å². The molecule has 0 aliphatic carbocycles. The Kier molecular flexibility index (Phi) is 135. The second-order valence-corrected chi connectivity index (χ2v) is 10.9. The zero-order valence-corrected chi connectivity index (χ0v) is 13.7. The summed E-state index contributed by atoms with van der Waals surface area (Å²) in [5, 5.41) is 6.25. The van der Waals surface area contributed by atoms with Crippen LogP contribution in [0, 0.1) is 18.8 Å². The van der Waals surface area contributed by atoms with Crippen LogP contribution in [0.1, 0.15) is 19.8 Å². The summed E-state index contributed by atoms with van der Waals surface area (Å²) in [6.45, 7) is 10.5.